The van der Waals surface area contributed by atoms with Gasteiger partial charge in [-0.3, -0.25) is 9.78 Å². The van der Waals surface area contributed by atoms with E-state index in [1.165, 1.54) is 0 Å². The number of carbonyl (C=O) groups excluding carboxylic acids is 2. The summed E-state index contributed by atoms with van der Waals surface area (Å²) in [5.74, 6) is 0.590. The normalized spacial score (nSPS) is 29.6. The van der Waals surface area contributed by atoms with Gasteiger partial charge in [0.05, 0.1) is 5.41 Å². The van der Waals surface area contributed by atoms with E-state index in [1.807, 2.05) is 4.90 Å². The van der Waals surface area contributed by atoms with Crippen LogP contribution in [0.1, 0.15) is 25.7 Å². The summed E-state index contributed by atoms with van der Waals surface area (Å²) in [4.78, 5) is 33.5. The van der Waals surface area contributed by atoms with Crippen molar-refractivity contribution >= 4 is 17.6 Å². The molecule has 1 aliphatic carbocycles. The lowest BCUT2D eigenvalue weighted by Gasteiger charge is -2.44. The molecule has 2 atom stereocenters. The van der Waals surface area contributed by atoms with Crippen molar-refractivity contribution in [1.82, 2.24) is 20.1 Å². The van der Waals surface area contributed by atoms with Crippen molar-refractivity contribution in [3.63, 3.8) is 0 Å². The summed E-state index contributed by atoms with van der Waals surface area (Å²) in [6, 6.07) is 3.55. The zero-order chi connectivity index (χ0) is 19.1. The highest BCUT2D eigenvalue weighted by Gasteiger charge is 2.63. The summed E-state index contributed by atoms with van der Waals surface area (Å²) < 4.78 is 0. The third kappa shape index (κ3) is 2.98. The van der Waals surface area contributed by atoms with Crippen LogP contribution in [-0.2, 0) is 4.79 Å². The van der Waals surface area contributed by atoms with Crippen molar-refractivity contribution in [3.05, 3.63) is 24.5 Å². The predicted octanol–water partition coefficient (Wildman–Crippen LogP) is 1.78. The van der Waals surface area contributed by atoms with Crippen molar-refractivity contribution in [2.75, 3.05) is 45.6 Å². The lowest BCUT2D eigenvalue weighted by Crippen LogP contribution is -2.50. The predicted molar refractivity (Wildman–Crippen MR) is 103 cm³/mol. The van der Waals surface area contributed by atoms with Gasteiger partial charge in [-0.1, -0.05) is 0 Å². The summed E-state index contributed by atoms with van der Waals surface area (Å²) in [5, 5.41) is 5.87. The zero-order valence-electron chi connectivity index (χ0n) is 16.2. The van der Waals surface area contributed by atoms with Crippen LogP contribution in [0, 0.1) is 16.7 Å². The number of anilines is 1. The Bertz CT molecular complexity index is 716. The maximum Gasteiger partial charge on any atom is 0.321 e. The summed E-state index contributed by atoms with van der Waals surface area (Å²) in [5.41, 5.74) is 0.711. The Morgan fingerprint density at radius 3 is 2.52 bits per heavy atom. The first-order chi connectivity index (χ1) is 13.0. The fraction of sp³-hybridized carbons (Fsp3) is 0.650. The Morgan fingerprint density at radius 1 is 1.15 bits per heavy atom. The summed E-state index contributed by atoms with van der Waals surface area (Å²) in [7, 11) is 3.87. The highest BCUT2D eigenvalue weighted by atomic mass is 16.2. The molecule has 0 radical (unpaired) electrons. The number of hydrogen-bond acceptors (Lipinski definition) is 4. The van der Waals surface area contributed by atoms with Gasteiger partial charge in [0.1, 0.15) is 0 Å². The molecule has 0 bridgehead atoms. The van der Waals surface area contributed by atoms with Crippen LogP contribution < -0.4 is 10.6 Å². The highest BCUT2D eigenvalue weighted by Crippen LogP contribution is 2.61. The van der Waals surface area contributed by atoms with Crippen LogP contribution in [0.4, 0.5) is 10.5 Å². The molecule has 146 valence electrons. The van der Waals surface area contributed by atoms with Crippen molar-refractivity contribution in [2.45, 2.75) is 25.7 Å². The second kappa shape index (κ2) is 6.78. The molecule has 1 saturated carbocycles. The average Bonchev–Trinajstić information content (AvgIpc) is 3.18. The third-order valence-corrected chi connectivity index (χ3v) is 7.18. The SMILES string of the molecule is CNC(=O)[C@@]12CCC3(CCN(C(=O)Nc4ccncc4)CC3)[C@@H]1CN(C)C2. The molecule has 0 unspecified atom stereocenters. The van der Waals surface area contributed by atoms with E-state index < -0.39 is 0 Å². The molecule has 3 aliphatic rings. The van der Waals surface area contributed by atoms with Gasteiger partial charge in [0, 0.05) is 51.3 Å². The molecule has 4 rings (SSSR count). The Balaban J connectivity index is 1.44. The first-order valence-corrected chi connectivity index (χ1v) is 9.86. The van der Waals surface area contributed by atoms with Gasteiger partial charge < -0.3 is 20.4 Å². The van der Waals surface area contributed by atoms with Crippen molar-refractivity contribution in [2.24, 2.45) is 16.7 Å². The molecule has 1 spiro atoms. The highest BCUT2D eigenvalue weighted by molar-refractivity contribution is 5.89. The number of hydrogen-bond donors (Lipinski definition) is 2. The Hall–Kier alpha value is -2.15. The van der Waals surface area contributed by atoms with Crippen LogP contribution in [0.5, 0.6) is 0 Å². The standard InChI is InChI=1S/C20H29N5O2/c1-21-17(26)20-6-5-19(16(20)13-24(2)14-20)7-11-25(12-8-19)18(27)23-15-3-9-22-10-4-15/h3-4,9-10,16H,5-8,11-14H2,1-2H3,(H,21,26)(H,22,23,27)/t16-,20+/m0/s1. The molecular formula is C20H29N5O2. The number of carbonyl (C=O) groups is 2. The number of fused-ring (bicyclic) bond motifs is 2. The van der Waals surface area contributed by atoms with Crippen molar-refractivity contribution in [1.29, 1.82) is 0 Å². The van der Waals surface area contributed by atoms with Crippen LogP contribution >= 0.6 is 0 Å². The lowest BCUT2D eigenvalue weighted by molar-refractivity contribution is -0.132. The van der Waals surface area contributed by atoms with Crippen LogP contribution in [0.25, 0.3) is 0 Å². The Kier molecular flexibility index (Phi) is 4.58. The van der Waals surface area contributed by atoms with Crippen LogP contribution in [-0.4, -0.2) is 67.0 Å². The Morgan fingerprint density at radius 2 is 1.85 bits per heavy atom. The van der Waals surface area contributed by atoms with E-state index in [1.54, 1.807) is 31.6 Å². The molecule has 1 aromatic rings. The van der Waals surface area contributed by atoms with Gasteiger partial charge in [0.2, 0.25) is 5.91 Å². The minimum absolute atomic E-state index is 0.0462. The molecule has 7 nitrogen and oxygen atoms in total. The van der Waals surface area contributed by atoms with E-state index in [0.717, 1.165) is 57.5 Å². The topological polar surface area (TPSA) is 77.6 Å². The van der Waals surface area contributed by atoms with Gasteiger partial charge in [-0.2, -0.15) is 0 Å². The van der Waals surface area contributed by atoms with Gasteiger partial charge in [-0.15, -0.1) is 0 Å². The molecule has 2 aliphatic heterocycles. The van der Waals surface area contributed by atoms with Crippen LogP contribution in [0.2, 0.25) is 0 Å². The minimum Gasteiger partial charge on any atom is -0.359 e. The van der Waals surface area contributed by atoms with Crippen LogP contribution in [0.3, 0.4) is 0 Å². The number of rotatable bonds is 2. The van der Waals surface area contributed by atoms with E-state index >= 15 is 0 Å². The van der Waals surface area contributed by atoms with E-state index in [2.05, 4.69) is 27.6 Å². The maximum absolute atomic E-state index is 12.7. The molecule has 2 saturated heterocycles. The molecule has 0 aromatic carbocycles. The second-order valence-corrected chi connectivity index (χ2v) is 8.50. The molecule has 3 heterocycles. The fourth-order valence-corrected chi connectivity index (χ4v) is 5.81. The number of pyridine rings is 1. The minimum atomic E-state index is -0.245. The largest absolute Gasteiger partial charge is 0.359 e. The average molecular weight is 371 g/mol. The third-order valence-electron chi connectivity index (χ3n) is 7.18. The maximum atomic E-state index is 12.7. The van der Waals surface area contributed by atoms with Gasteiger partial charge in [-0.25, -0.2) is 4.79 Å². The van der Waals surface area contributed by atoms with E-state index in [0.29, 0.717) is 5.92 Å². The summed E-state index contributed by atoms with van der Waals surface area (Å²) in [6.07, 6.45) is 7.37. The molecule has 7 heteroatoms. The fourth-order valence-electron chi connectivity index (χ4n) is 5.81. The number of nitrogens with one attached hydrogen (secondary N) is 2. The monoisotopic (exact) mass is 371 g/mol. The molecule has 3 amide bonds. The van der Waals surface area contributed by atoms with Crippen molar-refractivity contribution < 1.29 is 9.59 Å². The first kappa shape index (κ1) is 18.2. The van der Waals surface area contributed by atoms with Gasteiger partial charge >= 0.3 is 6.03 Å². The van der Waals surface area contributed by atoms with E-state index in [9.17, 15) is 9.59 Å². The number of likely N-dealkylation sites (tertiary alicyclic amines) is 2. The number of urea groups is 1. The summed E-state index contributed by atoms with van der Waals surface area (Å²) in [6.45, 7) is 3.34. The summed E-state index contributed by atoms with van der Waals surface area (Å²) >= 11 is 0. The number of aromatic nitrogens is 1. The number of amides is 3. The molecular weight excluding hydrogens is 342 g/mol. The van der Waals surface area contributed by atoms with E-state index in [4.69, 9.17) is 0 Å². The van der Waals surface area contributed by atoms with E-state index in [-0.39, 0.29) is 22.8 Å². The number of piperidine rings is 1. The Labute approximate surface area is 160 Å². The molecule has 27 heavy (non-hydrogen) atoms. The molecule has 2 N–H and O–H groups in total. The lowest BCUT2D eigenvalue weighted by atomic mass is 9.65. The zero-order valence-corrected chi connectivity index (χ0v) is 16.2. The van der Waals surface area contributed by atoms with Crippen LogP contribution in [0.15, 0.2) is 24.5 Å². The quantitative estimate of drug-likeness (QED) is 0.831. The van der Waals surface area contributed by atoms with Gasteiger partial charge in [0.25, 0.3) is 0 Å². The molecule has 1 aromatic heterocycles. The van der Waals surface area contributed by atoms with Crippen molar-refractivity contribution in [3.8, 4) is 0 Å². The second-order valence-electron chi connectivity index (χ2n) is 8.50. The first-order valence-electron chi connectivity index (χ1n) is 9.86. The van der Waals surface area contributed by atoms with Gasteiger partial charge in [-0.05, 0) is 56.2 Å². The van der Waals surface area contributed by atoms with Gasteiger partial charge in [0.15, 0.2) is 0 Å². The smallest absolute Gasteiger partial charge is 0.321 e. The molecule has 3 fully saturated rings. The number of nitrogens with zero attached hydrogens (tertiary/aromatic N) is 3.